The zero-order chi connectivity index (χ0) is 17.1. The van der Waals surface area contributed by atoms with Crippen LogP contribution < -0.4 is 0 Å². The van der Waals surface area contributed by atoms with Gasteiger partial charge >= 0.3 is 0 Å². The van der Waals surface area contributed by atoms with Crippen molar-refractivity contribution < 1.29 is 9.18 Å². The third kappa shape index (κ3) is 3.57. The Hall–Kier alpha value is -1.99. The Kier molecular flexibility index (Phi) is 5.11. The highest BCUT2D eigenvalue weighted by atomic mass is 79.9. The Morgan fingerprint density at radius 3 is 2.58 bits per heavy atom. The smallest absolute Gasteiger partial charge is 0.191 e. The molecule has 3 aromatic rings. The average Bonchev–Trinajstić information content (AvgIpc) is 2.94. The molecule has 0 unspecified atom stereocenters. The van der Waals surface area contributed by atoms with Gasteiger partial charge in [-0.25, -0.2) is 4.39 Å². The molecule has 7 heteroatoms. The van der Waals surface area contributed by atoms with Crippen LogP contribution in [0, 0.1) is 5.82 Å². The van der Waals surface area contributed by atoms with Crippen molar-refractivity contribution in [3.8, 4) is 11.4 Å². The fourth-order valence-electron chi connectivity index (χ4n) is 2.17. The third-order valence-electron chi connectivity index (χ3n) is 3.45. The molecule has 4 nitrogen and oxygen atoms in total. The summed E-state index contributed by atoms with van der Waals surface area (Å²) in [6, 6.07) is 13.6. The first-order chi connectivity index (χ1) is 11.6. The van der Waals surface area contributed by atoms with Crippen LogP contribution in [0.15, 0.2) is 58.2 Å². The van der Waals surface area contributed by atoms with Crippen molar-refractivity contribution in [3.05, 3.63) is 64.4 Å². The van der Waals surface area contributed by atoms with Crippen molar-refractivity contribution >= 4 is 33.5 Å². The van der Waals surface area contributed by atoms with Crippen LogP contribution in [-0.4, -0.2) is 26.3 Å². The van der Waals surface area contributed by atoms with E-state index >= 15 is 0 Å². The van der Waals surface area contributed by atoms with Crippen LogP contribution in [0.4, 0.5) is 4.39 Å². The molecule has 0 aliphatic rings. The topological polar surface area (TPSA) is 47.8 Å². The van der Waals surface area contributed by atoms with Crippen molar-refractivity contribution in [2.75, 3.05) is 5.75 Å². The monoisotopic (exact) mass is 405 g/mol. The first-order valence-corrected chi connectivity index (χ1v) is 8.90. The number of thioether (sulfide) groups is 1. The van der Waals surface area contributed by atoms with Crippen molar-refractivity contribution in [3.63, 3.8) is 0 Å². The molecular weight excluding hydrogens is 393 g/mol. The number of Topliss-reactive ketones (excluding diaryl/α,β-unsaturated/α-hetero) is 1. The fraction of sp³-hybridized carbons (Fsp3) is 0.118. The van der Waals surface area contributed by atoms with E-state index in [4.69, 9.17) is 0 Å². The van der Waals surface area contributed by atoms with Crippen molar-refractivity contribution in [1.29, 1.82) is 0 Å². The first-order valence-electron chi connectivity index (χ1n) is 7.12. The minimum absolute atomic E-state index is 0.00272. The Morgan fingerprint density at radius 1 is 1.17 bits per heavy atom. The van der Waals surface area contributed by atoms with Gasteiger partial charge in [0.1, 0.15) is 5.82 Å². The van der Waals surface area contributed by atoms with E-state index in [1.54, 1.807) is 41.9 Å². The SMILES string of the molecule is Cn1c(SCC(=O)c2ccc(Br)cc2)nnc1-c1ccccc1F. The van der Waals surface area contributed by atoms with Crippen LogP contribution in [-0.2, 0) is 7.05 Å². The average molecular weight is 406 g/mol. The quantitative estimate of drug-likeness (QED) is 0.467. The van der Waals surface area contributed by atoms with E-state index in [0.717, 1.165) is 4.47 Å². The number of ketones is 1. The summed E-state index contributed by atoms with van der Waals surface area (Å²) < 4.78 is 16.5. The third-order valence-corrected chi connectivity index (χ3v) is 5.00. The minimum atomic E-state index is -0.351. The Labute approximate surface area is 151 Å². The normalized spacial score (nSPS) is 10.8. The lowest BCUT2D eigenvalue weighted by Crippen LogP contribution is -2.04. The largest absolute Gasteiger partial charge is 0.305 e. The van der Waals surface area contributed by atoms with Crippen molar-refractivity contribution in [1.82, 2.24) is 14.8 Å². The van der Waals surface area contributed by atoms with E-state index in [-0.39, 0.29) is 17.4 Å². The number of nitrogens with zero attached hydrogens (tertiary/aromatic N) is 3. The van der Waals surface area contributed by atoms with E-state index in [9.17, 15) is 9.18 Å². The summed E-state index contributed by atoms with van der Waals surface area (Å²) in [5, 5.41) is 8.67. The summed E-state index contributed by atoms with van der Waals surface area (Å²) in [5.41, 5.74) is 1.03. The van der Waals surface area contributed by atoms with Crippen LogP contribution in [0.25, 0.3) is 11.4 Å². The number of rotatable bonds is 5. The number of carbonyl (C=O) groups is 1. The molecule has 0 fully saturated rings. The van der Waals surface area contributed by atoms with Gasteiger partial charge in [0.05, 0.1) is 11.3 Å². The van der Waals surface area contributed by atoms with Crippen LogP contribution in [0.1, 0.15) is 10.4 Å². The lowest BCUT2D eigenvalue weighted by atomic mass is 10.2. The molecule has 0 N–H and O–H groups in total. The molecule has 0 aliphatic carbocycles. The second-order valence-corrected chi connectivity index (χ2v) is 6.92. The molecular formula is C17H13BrFN3OS. The van der Waals surface area contributed by atoms with E-state index < -0.39 is 0 Å². The number of halogens is 2. The zero-order valence-electron chi connectivity index (χ0n) is 12.7. The molecule has 122 valence electrons. The van der Waals surface area contributed by atoms with Gasteiger partial charge in [-0.3, -0.25) is 4.79 Å². The summed E-state index contributed by atoms with van der Waals surface area (Å²) in [6.07, 6.45) is 0. The van der Waals surface area contributed by atoms with Gasteiger partial charge in [0, 0.05) is 17.1 Å². The van der Waals surface area contributed by atoms with Gasteiger partial charge in [0.2, 0.25) is 0 Å². The highest BCUT2D eigenvalue weighted by Gasteiger charge is 2.15. The molecule has 0 radical (unpaired) electrons. The molecule has 24 heavy (non-hydrogen) atoms. The number of benzene rings is 2. The molecule has 0 saturated carbocycles. The zero-order valence-corrected chi connectivity index (χ0v) is 15.1. The molecule has 1 aromatic heterocycles. The number of carbonyl (C=O) groups excluding carboxylic acids is 1. The van der Waals surface area contributed by atoms with Crippen molar-refractivity contribution in [2.45, 2.75) is 5.16 Å². The summed E-state index contributed by atoms with van der Waals surface area (Å²) in [7, 11) is 1.76. The highest BCUT2D eigenvalue weighted by molar-refractivity contribution is 9.10. The number of hydrogen-bond acceptors (Lipinski definition) is 4. The molecule has 3 rings (SSSR count). The summed E-state index contributed by atoms with van der Waals surface area (Å²) >= 11 is 4.62. The maximum Gasteiger partial charge on any atom is 0.191 e. The lowest BCUT2D eigenvalue weighted by molar-refractivity contribution is 0.102. The van der Waals surface area contributed by atoms with Crippen LogP contribution in [0.2, 0.25) is 0 Å². The van der Waals surface area contributed by atoms with Gasteiger partial charge in [-0.15, -0.1) is 10.2 Å². The predicted octanol–water partition coefficient (Wildman–Crippen LogP) is 4.36. The van der Waals surface area contributed by atoms with Gasteiger partial charge in [-0.1, -0.05) is 52.0 Å². The van der Waals surface area contributed by atoms with Crippen molar-refractivity contribution in [2.24, 2.45) is 7.05 Å². The van der Waals surface area contributed by atoms with E-state index in [2.05, 4.69) is 26.1 Å². The fourth-order valence-corrected chi connectivity index (χ4v) is 3.24. The Bertz CT molecular complexity index is 880. The van der Waals surface area contributed by atoms with Gasteiger partial charge in [0.25, 0.3) is 0 Å². The standard InChI is InChI=1S/C17H13BrFN3OS/c1-22-16(13-4-2-3-5-14(13)19)20-21-17(22)24-10-15(23)11-6-8-12(18)9-7-11/h2-9H,10H2,1H3. The van der Waals surface area contributed by atoms with E-state index in [0.29, 0.717) is 22.1 Å². The lowest BCUT2D eigenvalue weighted by Gasteiger charge is -2.05. The molecule has 0 spiro atoms. The molecule has 0 atom stereocenters. The molecule has 0 bridgehead atoms. The van der Waals surface area contributed by atoms with Crippen LogP contribution in [0.5, 0.6) is 0 Å². The van der Waals surface area contributed by atoms with Gasteiger partial charge in [0.15, 0.2) is 16.8 Å². The number of aromatic nitrogens is 3. The Balaban J connectivity index is 1.74. The molecule has 0 saturated heterocycles. The number of hydrogen-bond donors (Lipinski definition) is 0. The second-order valence-electron chi connectivity index (χ2n) is 5.06. The minimum Gasteiger partial charge on any atom is -0.305 e. The maximum atomic E-state index is 13.9. The Morgan fingerprint density at radius 2 is 1.88 bits per heavy atom. The summed E-state index contributed by atoms with van der Waals surface area (Å²) in [4.78, 5) is 12.2. The van der Waals surface area contributed by atoms with Crippen LogP contribution in [0.3, 0.4) is 0 Å². The van der Waals surface area contributed by atoms with E-state index in [1.165, 1.54) is 17.8 Å². The molecule has 0 aliphatic heterocycles. The summed E-state index contributed by atoms with van der Waals surface area (Å²) in [5.74, 6) is 0.329. The molecule has 2 aromatic carbocycles. The maximum absolute atomic E-state index is 13.9. The first kappa shape index (κ1) is 16.9. The van der Waals surface area contributed by atoms with Gasteiger partial charge < -0.3 is 4.57 Å². The van der Waals surface area contributed by atoms with E-state index in [1.807, 2.05) is 12.1 Å². The second kappa shape index (κ2) is 7.27. The van der Waals surface area contributed by atoms with Gasteiger partial charge in [-0.05, 0) is 24.3 Å². The molecule has 0 amide bonds. The van der Waals surface area contributed by atoms with Crippen LogP contribution >= 0.6 is 27.7 Å². The predicted molar refractivity (Wildman–Crippen MR) is 95.6 cm³/mol. The highest BCUT2D eigenvalue weighted by Crippen LogP contribution is 2.25. The summed E-state index contributed by atoms with van der Waals surface area (Å²) in [6.45, 7) is 0. The van der Waals surface area contributed by atoms with Gasteiger partial charge in [-0.2, -0.15) is 0 Å². The molecule has 1 heterocycles.